The lowest BCUT2D eigenvalue weighted by atomic mass is 10.1. The van der Waals surface area contributed by atoms with Crippen LogP contribution in [0.1, 0.15) is 40.4 Å². The number of fused-ring (bicyclic) bond motifs is 2. The SMILES string of the molecule is Cc1ccc2nc(C)c(C(=O)N3CCn4cccc4[C@H]3C)n2c1. The molecular weight excluding hydrogens is 288 g/mol. The van der Waals surface area contributed by atoms with Crippen molar-refractivity contribution in [2.45, 2.75) is 33.4 Å². The molecule has 0 fully saturated rings. The van der Waals surface area contributed by atoms with Gasteiger partial charge in [0.1, 0.15) is 11.3 Å². The van der Waals surface area contributed by atoms with E-state index in [1.54, 1.807) is 0 Å². The molecule has 1 amide bonds. The first-order valence-electron chi connectivity index (χ1n) is 7.97. The molecule has 0 aliphatic carbocycles. The highest BCUT2D eigenvalue weighted by Crippen LogP contribution is 2.28. The van der Waals surface area contributed by atoms with Crippen molar-refractivity contribution in [1.29, 1.82) is 0 Å². The van der Waals surface area contributed by atoms with Gasteiger partial charge < -0.3 is 9.47 Å². The molecule has 0 saturated heterocycles. The number of carbonyl (C=O) groups excluding carboxylic acids is 1. The van der Waals surface area contributed by atoms with E-state index < -0.39 is 0 Å². The molecule has 0 spiro atoms. The smallest absolute Gasteiger partial charge is 0.273 e. The van der Waals surface area contributed by atoms with Gasteiger partial charge in [0.05, 0.1) is 11.7 Å². The van der Waals surface area contributed by atoms with Crippen molar-refractivity contribution >= 4 is 11.6 Å². The van der Waals surface area contributed by atoms with Crippen LogP contribution in [-0.4, -0.2) is 31.3 Å². The molecule has 1 aliphatic rings. The van der Waals surface area contributed by atoms with Crippen LogP contribution in [0.3, 0.4) is 0 Å². The monoisotopic (exact) mass is 308 g/mol. The van der Waals surface area contributed by atoms with Gasteiger partial charge in [-0.15, -0.1) is 0 Å². The van der Waals surface area contributed by atoms with Gasteiger partial charge >= 0.3 is 0 Å². The van der Waals surface area contributed by atoms with Gasteiger partial charge in [-0.25, -0.2) is 4.98 Å². The van der Waals surface area contributed by atoms with E-state index in [-0.39, 0.29) is 11.9 Å². The summed E-state index contributed by atoms with van der Waals surface area (Å²) in [4.78, 5) is 19.7. The van der Waals surface area contributed by atoms with Crippen molar-refractivity contribution in [3.8, 4) is 0 Å². The summed E-state index contributed by atoms with van der Waals surface area (Å²) in [5.74, 6) is 0.0561. The molecule has 0 saturated carbocycles. The minimum Gasteiger partial charge on any atom is -0.348 e. The molecular formula is C18H20N4O. The number of hydrogen-bond acceptors (Lipinski definition) is 2. The molecule has 0 unspecified atom stereocenters. The molecule has 4 rings (SSSR count). The van der Waals surface area contributed by atoms with E-state index in [1.165, 1.54) is 5.69 Å². The summed E-state index contributed by atoms with van der Waals surface area (Å²) in [5, 5.41) is 0. The second kappa shape index (κ2) is 4.98. The van der Waals surface area contributed by atoms with Gasteiger partial charge in [0.25, 0.3) is 5.91 Å². The summed E-state index contributed by atoms with van der Waals surface area (Å²) < 4.78 is 4.15. The van der Waals surface area contributed by atoms with Gasteiger partial charge in [-0.05, 0) is 44.5 Å². The van der Waals surface area contributed by atoms with Crippen LogP contribution in [0.5, 0.6) is 0 Å². The largest absolute Gasteiger partial charge is 0.348 e. The van der Waals surface area contributed by atoms with E-state index in [0.29, 0.717) is 5.69 Å². The Kier molecular flexibility index (Phi) is 3.04. The Labute approximate surface area is 135 Å². The van der Waals surface area contributed by atoms with Crippen LogP contribution in [0.4, 0.5) is 0 Å². The first kappa shape index (κ1) is 14.1. The van der Waals surface area contributed by atoms with Crippen molar-refractivity contribution in [1.82, 2.24) is 18.9 Å². The number of hydrogen-bond donors (Lipinski definition) is 0. The number of pyridine rings is 1. The van der Waals surface area contributed by atoms with E-state index in [1.807, 2.05) is 47.5 Å². The third kappa shape index (κ3) is 2.07. The minimum absolute atomic E-state index is 0.0561. The Morgan fingerprint density at radius 1 is 1.22 bits per heavy atom. The lowest BCUT2D eigenvalue weighted by Crippen LogP contribution is -2.41. The van der Waals surface area contributed by atoms with Crippen molar-refractivity contribution in [2.75, 3.05) is 6.54 Å². The second-order valence-electron chi connectivity index (χ2n) is 6.28. The molecule has 5 heteroatoms. The maximum atomic E-state index is 13.2. The summed E-state index contributed by atoms with van der Waals surface area (Å²) in [5.41, 5.74) is 4.59. The highest BCUT2D eigenvalue weighted by Gasteiger charge is 2.30. The van der Waals surface area contributed by atoms with Gasteiger partial charge in [-0.2, -0.15) is 0 Å². The van der Waals surface area contributed by atoms with Crippen LogP contribution in [-0.2, 0) is 6.54 Å². The molecule has 3 aromatic heterocycles. The molecule has 0 N–H and O–H groups in total. The zero-order valence-electron chi connectivity index (χ0n) is 13.7. The number of carbonyl (C=O) groups is 1. The van der Waals surface area contributed by atoms with Crippen LogP contribution in [0.15, 0.2) is 36.7 Å². The van der Waals surface area contributed by atoms with E-state index in [0.717, 1.165) is 30.0 Å². The van der Waals surface area contributed by atoms with Gasteiger partial charge in [0.2, 0.25) is 0 Å². The number of imidazole rings is 1. The van der Waals surface area contributed by atoms with Crippen LogP contribution < -0.4 is 0 Å². The first-order valence-corrected chi connectivity index (χ1v) is 7.97. The summed E-state index contributed by atoms with van der Waals surface area (Å²) in [7, 11) is 0. The molecule has 4 heterocycles. The molecule has 0 aromatic carbocycles. The molecule has 0 radical (unpaired) electrons. The molecule has 1 aliphatic heterocycles. The van der Waals surface area contributed by atoms with Gasteiger partial charge in [0, 0.05) is 31.2 Å². The fraction of sp³-hybridized carbons (Fsp3) is 0.333. The maximum absolute atomic E-state index is 13.2. The van der Waals surface area contributed by atoms with Crippen molar-refractivity contribution in [3.05, 3.63) is 59.3 Å². The lowest BCUT2D eigenvalue weighted by molar-refractivity contribution is 0.0636. The Morgan fingerprint density at radius 2 is 2.04 bits per heavy atom. The summed E-state index contributed by atoms with van der Waals surface area (Å²) in [6.07, 6.45) is 4.07. The number of rotatable bonds is 1. The third-order valence-electron chi connectivity index (χ3n) is 4.75. The van der Waals surface area contributed by atoms with Crippen molar-refractivity contribution in [3.63, 3.8) is 0 Å². The topological polar surface area (TPSA) is 42.5 Å². The Hall–Kier alpha value is -2.56. The molecule has 23 heavy (non-hydrogen) atoms. The van der Waals surface area contributed by atoms with Crippen LogP contribution in [0.2, 0.25) is 0 Å². The Morgan fingerprint density at radius 3 is 2.87 bits per heavy atom. The number of nitrogens with zero attached hydrogens (tertiary/aromatic N) is 4. The molecule has 1 atom stereocenters. The normalized spacial score (nSPS) is 17.5. The van der Waals surface area contributed by atoms with E-state index >= 15 is 0 Å². The fourth-order valence-electron chi connectivity index (χ4n) is 3.52. The molecule has 5 nitrogen and oxygen atoms in total. The molecule has 3 aromatic rings. The number of aromatic nitrogens is 3. The quantitative estimate of drug-likeness (QED) is 0.693. The number of amides is 1. The van der Waals surface area contributed by atoms with Crippen LogP contribution in [0, 0.1) is 13.8 Å². The average molecular weight is 308 g/mol. The van der Waals surface area contributed by atoms with Crippen LogP contribution >= 0.6 is 0 Å². The van der Waals surface area contributed by atoms with Crippen molar-refractivity contribution < 1.29 is 4.79 Å². The van der Waals surface area contributed by atoms with Gasteiger partial charge in [-0.3, -0.25) is 9.20 Å². The van der Waals surface area contributed by atoms with E-state index in [4.69, 9.17) is 0 Å². The standard InChI is InChI=1S/C18H20N4O/c1-12-6-7-16-19-13(2)17(22(16)11-12)18(23)21-10-9-20-8-4-5-15(20)14(21)3/h4-8,11,14H,9-10H2,1-3H3/t14-/m1/s1. The maximum Gasteiger partial charge on any atom is 0.273 e. The van der Waals surface area contributed by atoms with Crippen molar-refractivity contribution in [2.24, 2.45) is 0 Å². The van der Waals surface area contributed by atoms with E-state index in [2.05, 4.69) is 28.7 Å². The highest BCUT2D eigenvalue weighted by atomic mass is 16.2. The predicted octanol–water partition coefficient (Wildman–Crippen LogP) is 2.97. The van der Waals surface area contributed by atoms with Gasteiger partial charge in [-0.1, -0.05) is 6.07 Å². The van der Waals surface area contributed by atoms with E-state index in [9.17, 15) is 4.79 Å². The lowest BCUT2D eigenvalue weighted by Gasteiger charge is -2.35. The zero-order chi connectivity index (χ0) is 16.1. The second-order valence-corrected chi connectivity index (χ2v) is 6.28. The third-order valence-corrected chi connectivity index (χ3v) is 4.75. The predicted molar refractivity (Wildman–Crippen MR) is 88.5 cm³/mol. The summed E-state index contributed by atoms with van der Waals surface area (Å²) in [6, 6.07) is 8.19. The zero-order valence-corrected chi connectivity index (χ0v) is 13.7. The Balaban J connectivity index is 1.78. The van der Waals surface area contributed by atoms with Gasteiger partial charge in [0.15, 0.2) is 0 Å². The number of aryl methyl sites for hydroxylation is 2. The minimum atomic E-state index is 0.0561. The Bertz CT molecular complexity index is 905. The first-order chi connectivity index (χ1) is 11.1. The van der Waals surface area contributed by atoms with Crippen LogP contribution in [0.25, 0.3) is 5.65 Å². The molecule has 118 valence electrons. The highest BCUT2D eigenvalue weighted by molar-refractivity contribution is 5.95. The molecule has 0 bridgehead atoms. The fourth-order valence-corrected chi connectivity index (χ4v) is 3.52. The summed E-state index contributed by atoms with van der Waals surface area (Å²) >= 11 is 0. The average Bonchev–Trinajstić information content (AvgIpc) is 3.11. The summed E-state index contributed by atoms with van der Waals surface area (Å²) in [6.45, 7) is 7.59.